The molecule has 0 spiro atoms. The van der Waals surface area contributed by atoms with Crippen molar-refractivity contribution in [2.24, 2.45) is 20.6 Å². The molecule has 0 bridgehead atoms. The van der Waals surface area contributed by atoms with E-state index in [1.54, 1.807) is 13.8 Å². The van der Waals surface area contributed by atoms with Crippen molar-refractivity contribution in [1.29, 1.82) is 0 Å². The molecule has 0 amide bonds. The van der Waals surface area contributed by atoms with Crippen LogP contribution in [-0.4, -0.2) is 50.6 Å². The minimum Gasteiger partial charge on any atom is -0.412 e. The predicted molar refractivity (Wildman–Crippen MR) is 77.3 cm³/mol. The molecule has 0 aromatic rings. The largest absolute Gasteiger partial charge is 0.412 e. The predicted octanol–water partition coefficient (Wildman–Crippen LogP) is 1.31. The average Bonchev–Trinajstić information content (AvgIpc) is 2.45. The molecule has 0 aromatic carbocycles. The van der Waals surface area contributed by atoms with Crippen LogP contribution in [-0.2, 0) is 21.6 Å². The summed E-state index contributed by atoms with van der Waals surface area (Å²) in [7, 11) is 0. The quantitative estimate of drug-likeness (QED) is 0.225. The molecule has 0 aliphatic carbocycles. The summed E-state index contributed by atoms with van der Waals surface area (Å²) >= 11 is 0. The third-order valence-electron chi connectivity index (χ3n) is 1.93. The monoisotopic (exact) mass is 350 g/mol. The summed E-state index contributed by atoms with van der Waals surface area (Å²) in [6.07, 6.45) is 0.673. The minimum atomic E-state index is 0. The minimum absolute atomic E-state index is 0. The van der Waals surface area contributed by atoms with Gasteiger partial charge in [-0.15, -0.1) is 6.42 Å². The van der Waals surface area contributed by atoms with E-state index in [1.165, 1.54) is 13.8 Å². The first-order valence-corrected chi connectivity index (χ1v) is 5.47. The molecule has 0 unspecified atom stereocenters. The molecule has 21 heavy (non-hydrogen) atoms. The molecular weight excluding hydrogens is 327 g/mol. The molecular formula is C11H23CoN4O5-. The first-order valence-electron chi connectivity index (χ1n) is 5.47. The van der Waals surface area contributed by atoms with E-state index in [2.05, 4.69) is 27.5 Å². The molecule has 0 saturated carbocycles. The third kappa shape index (κ3) is 16.3. The Hall–Kier alpha value is -1.65. The summed E-state index contributed by atoms with van der Waals surface area (Å²) in [6.45, 7) is 10.5. The van der Waals surface area contributed by atoms with Crippen LogP contribution in [0.25, 0.3) is 0 Å². The van der Waals surface area contributed by atoms with Crippen molar-refractivity contribution in [2.45, 2.75) is 34.1 Å². The Bertz CT molecular complexity index is 354. The molecule has 0 rings (SSSR count). The van der Waals surface area contributed by atoms with E-state index >= 15 is 0 Å². The van der Waals surface area contributed by atoms with Crippen molar-refractivity contribution in [3.63, 3.8) is 0 Å². The van der Waals surface area contributed by atoms with E-state index in [1.807, 2.05) is 0 Å². The van der Waals surface area contributed by atoms with Crippen LogP contribution in [0, 0.1) is 6.92 Å². The zero-order valence-electron chi connectivity index (χ0n) is 12.5. The average molecular weight is 350 g/mol. The fourth-order valence-corrected chi connectivity index (χ4v) is 0.490. The van der Waals surface area contributed by atoms with E-state index < -0.39 is 0 Å². The van der Waals surface area contributed by atoms with Crippen molar-refractivity contribution in [3.8, 4) is 0 Å². The van der Waals surface area contributed by atoms with Crippen molar-refractivity contribution < 1.29 is 42.7 Å². The number of hydrogen-bond acceptors (Lipinski definition) is 8. The maximum absolute atomic E-state index is 8.30. The second-order valence-electron chi connectivity index (χ2n) is 3.42. The van der Waals surface area contributed by atoms with Crippen molar-refractivity contribution >= 4 is 22.8 Å². The van der Waals surface area contributed by atoms with Gasteiger partial charge in [-0.3, -0.25) is 0 Å². The van der Waals surface area contributed by atoms with Gasteiger partial charge < -0.3 is 32.9 Å². The molecule has 0 aliphatic heterocycles. The Kier molecular flexibility index (Phi) is 24.2. The molecule has 0 heterocycles. The van der Waals surface area contributed by atoms with Gasteiger partial charge in [-0.25, -0.2) is 0 Å². The molecule has 0 fully saturated rings. The van der Waals surface area contributed by atoms with E-state index in [0.29, 0.717) is 35.9 Å². The first kappa shape index (κ1) is 27.6. The van der Waals surface area contributed by atoms with Crippen LogP contribution >= 0.6 is 0 Å². The fraction of sp³-hybridized carbons (Fsp3) is 0.545. The van der Waals surface area contributed by atoms with Crippen LogP contribution in [0.3, 0.4) is 0 Å². The number of rotatable bonds is 5. The van der Waals surface area contributed by atoms with Crippen molar-refractivity contribution in [2.75, 3.05) is 6.61 Å². The van der Waals surface area contributed by atoms with Gasteiger partial charge in [0.25, 0.3) is 0 Å². The van der Waals surface area contributed by atoms with Gasteiger partial charge in [0.2, 0.25) is 0 Å². The van der Waals surface area contributed by atoms with Gasteiger partial charge in [0.05, 0.1) is 6.61 Å². The normalized spacial score (nSPS) is 12.4. The van der Waals surface area contributed by atoms with Gasteiger partial charge in [0.15, 0.2) is 0 Å². The Morgan fingerprint density at radius 2 is 1.19 bits per heavy atom. The van der Waals surface area contributed by atoms with Crippen molar-refractivity contribution in [1.82, 2.24) is 0 Å². The van der Waals surface area contributed by atoms with Gasteiger partial charge >= 0.3 is 0 Å². The smallest absolute Gasteiger partial charge is 0.101 e. The van der Waals surface area contributed by atoms with Gasteiger partial charge in [-0.05, 0) is 27.7 Å². The molecule has 5 N–H and O–H groups in total. The Morgan fingerprint density at radius 1 is 0.857 bits per heavy atom. The van der Waals surface area contributed by atoms with Crippen LogP contribution in [0.1, 0.15) is 34.1 Å². The molecule has 0 saturated heterocycles. The van der Waals surface area contributed by atoms with E-state index in [-0.39, 0.29) is 22.3 Å². The standard InChI is InChI=1S/C7H13N2O2.C4H8N2O2.Co.H2O/c1-4-5-11-9-7(3)6(2)8-10;1-3(5-7)4(2)6-8;;/h10H,1,4-5H2,2-3H3;7-8H,1-2H3;;1H2/q-1;;;. The Morgan fingerprint density at radius 3 is 1.48 bits per heavy atom. The zero-order valence-corrected chi connectivity index (χ0v) is 13.5. The zero-order chi connectivity index (χ0) is 15.3. The van der Waals surface area contributed by atoms with Crippen LogP contribution in [0.15, 0.2) is 20.6 Å². The molecule has 127 valence electrons. The van der Waals surface area contributed by atoms with Crippen LogP contribution in [0.4, 0.5) is 0 Å². The Balaban J connectivity index is -0.000000131. The summed E-state index contributed by atoms with van der Waals surface area (Å²) < 4.78 is 0. The van der Waals surface area contributed by atoms with E-state index in [9.17, 15) is 0 Å². The molecule has 0 aliphatic rings. The number of oxime groups is 4. The van der Waals surface area contributed by atoms with Crippen LogP contribution in [0.2, 0.25) is 0 Å². The summed E-state index contributed by atoms with van der Waals surface area (Å²) in [5.74, 6) is 0. The van der Waals surface area contributed by atoms with Crippen LogP contribution < -0.4 is 0 Å². The first-order chi connectivity index (χ1) is 8.94. The maximum Gasteiger partial charge on any atom is 0.101 e. The van der Waals surface area contributed by atoms with Gasteiger partial charge in [-0.1, -0.05) is 20.6 Å². The summed E-state index contributed by atoms with van der Waals surface area (Å²) in [6, 6.07) is 0. The van der Waals surface area contributed by atoms with E-state index in [0.717, 1.165) is 0 Å². The van der Waals surface area contributed by atoms with Gasteiger partial charge in [-0.2, -0.15) is 0 Å². The SMILES string of the molecule is CC(=NO)C(C)=NO.O.[CH2-]CCON=C(C)C(C)=NO.[Co]. The molecule has 10 heteroatoms. The second kappa shape index (κ2) is 18.3. The number of nitrogens with zero attached hydrogens (tertiary/aromatic N) is 4. The fourth-order valence-electron chi connectivity index (χ4n) is 0.490. The van der Waals surface area contributed by atoms with Crippen LogP contribution in [0.5, 0.6) is 0 Å². The topological polar surface area (TPSA) is 151 Å². The third-order valence-corrected chi connectivity index (χ3v) is 1.93. The molecule has 9 nitrogen and oxygen atoms in total. The van der Waals surface area contributed by atoms with E-state index in [4.69, 9.17) is 20.5 Å². The Labute approximate surface area is 134 Å². The van der Waals surface area contributed by atoms with Crippen molar-refractivity contribution in [3.05, 3.63) is 6.92 Å². The van der Waals surface area contributed by atoms with Gasteiger partial charge in [0, 0.05) is 16.8 Å². The second-order valence-corrected chi connectivity index (χ2v) is 3.42. The molecule has 1 radical (unpaired) electrons. The number of hydrogen-bond donors (Lipinski definition) is 3. The summed E-state index contributed by atoms with van der Waals surface area (Å²) in [5, 5.41) is 36.6. The van der Waals surface area contributed by atoms with Gasteiger partial charge in [0.1, 0.15) is 22.8 Å². The summed E-state index contributed by atoms with van der Waals surface area (Å²) in [4.78, 5) is 4.80. The maximum atomic E-state index is 8.30. The summed E-state index contributed by atoms with van der Waals surface area (Å²) in [5.41, 5.74) is 1.65. The molecule has 0 aromatic heterocycles. The molecule has 0 atom stereocenters.